The minimum Gasteiger partial charge on any atom is -0.465 e. The van der Waals surface area contributed by atoms with Crippen molar-refractivity contribution < 1.29 is 14.5 Å². The number of nitro groups is 1. The molecule has 114 valence electrons. The molecule has 1 heterocycles. The Bertz CT molecular complexity index is 747. The number of rotatable bonds is 4. The number of benzene rings is 1. The largest absolute Gasteiger partial charge is 0.465 e. The molecule has 0 aliphatic heterocycles. The van der Waals surface area contributed by atoms with Crippen molar-refractivity contribution in [2.24, 2.45) is 5.84 Å². The number of nitro benzene ring substituents is 1. The Morgan fingerprint density at radius 3 is 2.64 bits per heavy atom. The lowest BCUT2D eigenvalue weighted by atomic mass is 10.1. The van der Waals surface area contributed by atoms with Crippen LogP contribution >= 0.6 is 0 Å². The molecule has 0 saturated carbocycles. The molecule has 0 spiro atoms. The summed E-state index contributed by atoms with van der Waals surface area (Å²) in [4.78, 5) is 26.1. The van der Waals surface area contributed by atoms with Crippen molar-refractivity contribution in [3.63, 3.8) is 0 Å². The highest BCUT2D eigenvalue weighted by molar-refractivity contribution is 5.92. The predicted molar refractivity (Wildman–Crippen MR) is 79.9 cm³/mol. The lowest BCUT2D eigenvalue weighted by molar-refractivity contribution is -0.384. The fourth-order valence-electron chi connectivity index (χ4n) is 1.86. The normalized spacial score (nSPS) is 10.1. The number of anilines is 2. The Morgan fingerprint density at radius 1 is 1.36 bits per heavy atom. The smallest absolute Gasteiger partial charge is 0.338 e. The van der Waals surface area contributed by atoms with Crippen LogP contribution in [-0.2, 0) is 4.74 Å². The van der Waals surface area contributed by atoms with E-state index in [1.54, 1.807) is 12.1 Å². The molecule has 1 aromatic heterocycles. The second-order valence-corrected chi connectivity index (χ2v) is 4.29. The van der Waals surface area contributed by atoms with Gasteiger partial charge in [0.05, 0.1) is 29.0 Å². The van der Waals surface area contributed by atoms with E-state index in [0.717, 1.165) is 6.07 Å². The van der Waals surface area contributed by atoms with Crippen LogP contribution in [0.5, 0.6) is 0 Å². The molecule has 0 saturated heterocycles. The van der Waals surface area contributed by atoms with Gasteiger partial charge in [-0.05, 0) is 18.2 Å². The summed E-state index contributed by atoms with van der Waals surface area (Å²) in [7, 11) is 1.19. The van der Waals surface area contributed by atoms with Gasteiger partial charge in [0.25, 0.3) is 5.69 Å². The molecule has 1 aromatic carbocycles. The van der Waals surface area contributed by atoms with Gasteiger partial charge in [-0.25, -0.2) is 9.78 Å². The molecule has 0 aliphatic carbocycles. The van der Waals surface area contributed by atoms with Crippen molar-refractivity contribution in [3.05, 3.63) is 46.0 Å². The fraction of sp³-hybridized carbons (Fsp3) is 0.0769. The molecule has 0 amide bonds. The highest BCUT2D eigenvalue weighted by Gasteiger charge is 2.16. The standard InChI is InChI=1S/C13H13N5O4/c1-22-13(19)8-4-7(5-9(6-8)18(20)21)10-2-3-11(17-15)12(14)16-10/h2-6,17H,15H2,1H3,(H2,14,16). The third kappa shape index (κ3) is 2.94. The third-order valence-electron chi connectivity index (χ3n) is 2.93. The molecule has 2 rings (SSSR count). The number of hydrazine groups is 1. The van der Waals surface area contributed by atoms with Crippen LogP contribution in [0, 0.1) is 10.1 Å². The van der Waals surface area contributed by atoms with E-state index in [-0.39, 0.29) is 17.1 Å². The molecular formula is C13H13N5O4. The number of nitrogens with one attached hydrogen (secondary N) is 1. The van der Waals surface area contributed by atoms with Crippen LogP contribution in [0.2, 0.25) is 0 Å². The quantitative estimate of drug-likeness (QED) is 0.331. The molecule has 0 aliphatic rings. The molecule has 0 unspecified atom stereocenters. The molecule has 5 N–H and O–H groups in total. The summed E-state index contributed by atoms with van der Waals surface area (Å²) in [5.41, 5.74) is 9.03. The number of aromatic nitrogens is 1. The maximum atomic E-state index is 11.6. The number of nitrogens with zero attached hydrogens (tertiary/aromatic N) is 2. The van der Waals surface area contributed by atoms with E-state index < -0.39 is 10.9 Å². The van der Waals surface area contributed by atoms with Crippen molar-refractivity contribution in [1.82, 2.24) is 4.98 Å². The van der Waals surface area contributed by atoms with Crippen LogP contribution in [0.1, 0.15) is 10.4 Å². The van der Waals surface area contributed by atoms with Gasteiger partial charge < -0.3 is 15.9 Å². The van der Waals surface area contributed by atoms with Gasteiger partial charge in [-0.1, -0.05) is 0 Å². The lowest BCUT2D eigenvalue weighted by Crippen LogP contribution is -2.10. The number of pyridine rings is 1. The number of carbonyl (C=O) groups excluding carboxylic acids is 1. The van der Waals surface area contributed by atoms with Gasteiger partial charge >= 0.3 is 5.97 Å². The van der Waals surface area contributed by atoms with Gasteiger partial charge in [0.1, 0.15) is 5.82 Å². The summed E-state index contributed by atoms with van der Waals surface area (Å²) >= 11 is 0. The van der Waals surface area contributed by atoms with Crippen LogP contribution < -0.4 is 17.0 Å². The number of hydrogen-bond donors (Lipinski definition) is 3. The van der Waals surface area contributed by atoms with Crippen molar-refractivity contribution in [2.75, 3.05) is 18.3 Å². The zero-order chi connectivity index (χ0) is 16.3. The molecular weight excluding hydrogens is 290 g/mol. The van der Waals surface area contributed by atoms with Gasteiger partial charge in [-0.2, -0.15) is 0 Å². The number of non-ortho nitro benzene ring substituents is 1. The monoisotopic (exact) mass is 303 g/mol. The average molecular weight is 303 g/mol. The van der Waals surface area contributed by atoms with Crippen LogP contribution in [-0.4, -0.2) is 23.0 Å². The van der Waals surface area contributed by atoms with Crippen LogP contribution in [0.4, 0.5) is 17.2 Å². The van der Waals surface area contributed by atoms with Crippen molar-refractivity contribution in [1.29, 1.82) is 0 Å². The molecule has 0 radical (unpaired) electrons. The van der Waals surface area contributed by atoms with Gasteiger partial charge in [-0.15, -0.1) is 0 Å². The Hall–Kier alpha value is -3.20. The lowest BCUT2D eigenvalue weighted by Gasteiger charge is -2.08. The first-order chi connectivity index (χ1) is 10.5. The summed E-state index contributed by atoms with van der Waals surface area (Å²) in [5, 5.41) is 11.0. The number of hydrogen-bond acceptors (Lipinski definition) is 8. The number of nitrogens with two attached hydrogens (primary N) is 2. The van der Waals surface area contributed by atoms with Crippen molar-refractivity contribution in [3.8, 4) is 11.3 Å². The number of carbonyl (C=O) groups is 1. The highest BCUT2D eigenvalue weighted by Crippen LogP contribution is 2.27. The van der Waals surface area contributed by atoms with Crippen LogP contribution in [0.15, 0.2) is 30.3 Å². The predicted octanol–water partition coefficient (Wildman–Crippen LogP) is 1.31. The Morgan fingerprint density at radius 2 is 2.09 bits per heavy atom. The summed E-state index contributed by atoms with van der Waals surface area (Å²) in [5.74, 6) is 4.71. The summed E-state index contributed by atoms with van der Waals surface area (Å²) in [6.07, 6.45) is 0. The van der Waals surface area contributed by atoms with E-state index in [1.807, 2.05) is 0 Å². The summed E-state index contributed by atoms with van der Waals surface area (Å²) in [6, 6.07) is 7.02. The fourth-order valence-corrected chi connectivity index (χ4v) is 1.86. The van der Waals surface area contributed by atoms with E-state index in [1.165, 1.54) is 19.2 Å². The van der Waals surface area contributed by atoms with E-state index in [0.29, 0.717) is 16.9 Å². The molecule has 0 bridgehead atoms. The third-order valence-corrected chi connectivity index (χ3v) is 2.93. The van der Waals surface area contributed by atoms with E-state index in [2.05, 4.69) is 15.1 Å². The van der Waals surface area contributed by atoms with Gasteiger partial charge in [0.2, 0.25) is 0 Å². The second kappa shape index (κ2) is 6.06. The average Bonchev–Trinajstić information content (AvgIpc) is 2.53. The Labute approximate surface area is 125 Å². The van der Waals surface area contributed by atoms with Crippen molar-refractivity contribution in [2.45, 2.75) is 0 Å². The summed E-state index contributed by atoms with van der Waals surface area (Å²) < 4.78 is 4.59. The molecule has 0 atom stereocenters. The molecule has 0 fully saturated rings. The topological polar surface area (TPSA) is 146 Å². The highest BCUT2D eigenvalue weighted by atomic mass is 16.6. The van der Waals surface area contributed by atoms with Crippen molar-refractivity contribution >= 4 is 23.2 Å². The molecule has 9 heteroatoms. The summed E-state index contributed by atoms with van der Waals surface area (Å²) in [6.45, 7) is 0. The van der Waals surface area contributed by atoms with E-state index in [4.69, 9.17) is 11.6 Å². The number of ether oxygens (including phenoxy) is 1. The zero-order valence-corrected chi connectivity index (χ0v) is 11.6. The first-order valence-electron chi connectivity index (χ1n) is 6.07. The maximum absolute atomic E-state index is 11.6. The van der Waals surface area contributed by atoms with Gasteiger partial charge in [0, 0.05) is 17.7 Å². The number of nitrogen functional groups attached to an aromatic ring is 2. The number of methoxy groups -OCH3 is 1. The molecule has 9 nitrogen and oxygen atoms in total. The zero-order valence-electron chi connectivity index (χ0n) is 11.6. The first kappa shape index (κ1) is 15.2. The van der Waals surface area contributed by atoms with E-state index in [9.17, 15) is 14.9 Å². The van der Waals surface area contributed by atoms with Crippen LogP contribution in [0.3, 0.4) is 0 Å². The van der Waals surface area contributed by atoms with Gasteiger partial charge in [0.15, 0.2) is 0 Å². The minimum atomic E-state index is -0.682. The second-order valence-electron chi connectivity index (χ2n) is 4.29. The molecule has 22 heavy (non-hydrogen) atoms. The van der Waals surface area contributed by atoms with E-state index >= 15 is 0 Å². The number of esters is 1. The minimum absolute atomic E-state index is 0.0492. The Balaban J connectivity index is 2.58. The first-order valence-corrected chi connectivity index (χ1v) is 6.07. The Kier molecular flexibility index (Phi) is 4.18. The SMILES string of the molecule is COC(=O)c1cc(-c2ccc(NN)c(N)n2)cc([N+](=O)[O-])c1. The molecule has 2 aromatic rings. The maximum Gasteiger partial charge on any atom is 0.338 e. The van der Waals surface area contributed by atoms with Gasteiger partial charge in [-0.3, -0.25) is 16.0 Å². The van der Waals surface area contributed by atoms with Crippen LogP contribution in [0.25, 0.3) is 11.3 Å².